The van der Waals surface area contributed by atoms with E-state index in [-0.39, 0.29) is 11.8 Å². The summed E-state index contributed by atoms with van der Waals surface area (Å²) in [6.07, 6.45) is 1.93. The van der Waals surface area contributed by atoms with Crippen molar-refractivity contribution in [3.05, 3.63) is 39.1 Å². The second-order valence-corrected chi connectivity index (χ2v) is 5.74. The minimum Gasteiger partial charge on any atom is -0.376 e. The van der Waals surface area contributed by atoms with Gasteiger partial charge in [-0.25, -0.2) is 0 Å². The molecule has 1 aromatic heterocycles. The Morgan fingerprint density at radius 3 is 3.09 bits per heavy atom. The molecular weight excluding hydrogens is 306 g/mol. The third kappa shape index (κ3) is 2.84. The van der Waals surface area contributed by atoms with Crippen LogP contribution in [0.3, 0.4) is 0 Å². The van der Waals surface area contributed by atoms with E-state index in [1.807, 2.05) is 0 Å². The van der Waals surface area contributed by atoms with E-state index in [0.29, 0.717) is 22.5 Å². The minimum atomic E-state index is -0.488. The summed E-state index contributed by atoms with van der Waals surface area (Å²) in [7, 11) is 1.69. The van der Waals surface area contributed by atoms with E-state index in [0.717, 1.165) is 19.4 Å². The molecule has 1 amide bonds. The van der Waals surface area contributed by atoms with Gasteiger partial charge in [-0.15, -0.1) is 0 Å². The fourth-order valence-corrected chi connectivity index (χ4v) is 2.77. The first-order chi connectivity index (χ1) is 10.6. The fraction of sp³-hybridized carbons (Fsp3) is 0.400. The molecule has 116 valence electrons. The van der Waals surface area contributed by atoms with Gasteiger partial charge >= 0.3 is 0 Å². The number of carbonyl (C=O) groups is 1. The van der Waals surface area contributed by atoms with Gasteiger partial charge in [0.25, 0.3) is 5.91 Å². The number of rotatable bonds is 3. The zero-order chi connectivity index (χ0) is 15.7. The second-order valence-electron chi connectivity index (χ2n) is 5.31. The Bertz CT molecular complexity index is 781. The SMILES string of the molecule is Cn1nc(C(=O)NCC2CCCO2)c(=O)c2cc(Cl)ccc21. The number of aryl methyl sites for hydroxylation is 1. The van der Waals surface area contributed by atoms with Crippen molar-refractivity contribution in [3.63, 3.8) is 0 Å². The quantitative estimate of drug-likeness (QED) is 0.929. The van der Waals surface area contributed by atoms with Gasteiger partial charge in [0.2, 0.25) is 5.43 Å². The van der Waals surface area contributed by atoms with E-state index >= 15 is 0 Å². The second kappa shape index (κ2) is 6.06. The van der Waals surface area contributed by atoms with Gasteiger partial charge in [-0.1, -0.05) is 11.6 Å². The van der Waals surface area contributed by atoms with Crippen molar-refractivity contribution in [1.82, 2.24) is 15.1 Å². The summed E-state index contributed by atoms with van der Waals surface area (Å²) < 4.78 is 6.95. The van der Waals surface area contributed by atoms with Crippen LogP contribution < -0.4 is 10.7 Å². The van der Waals surface area contributed by atoms with Crippen molar-refractivity contribution in [2.24, 2.45) is 7.05 Å². The highest BCUT2D eigenvalue weighted by Crippen LogP contribution is 2.16. The lowest BCUT2D eigenvalue weighted by molar-refractivity contribution is 0.0851. The maximum absolute atomic E-state index is 12.4. The Hall–Kier alpha value is -1.92. The average molecular weight is 322 g/mol. The Morgan fingerprint density at radius 2 is 2.36 bits per heavy atom. The van der Waals surface area contributed by atoms with Gasteiger partial charge in [-0.05, 0) is 31.0 Å². The van der Waals surface area contributed by atoms with E-state index in [9.17, 15) is 9.59 Å². The van der Waals surface area contributed by atoms with Crippen molar-refractivity contribution in [2.45, 2.75) is 18.9 Å². The lowest BCUT2D eigenvalue weighted by Crippen LogP contribution is -2.36. The summed E-state index contributed by atoms with van der Waals surface area (Å²) in [6, 6.07) is 4.94. The summed E-state index contributed by atoms with van der Waals surface area (Å²) in [5, 5.41) is 7.63. The Labute approximate surface area is 132 Å². The zero-order valence-electron chi connectivity index (χ0n) is 12.1. The molecular formula is C15H16ClN3O3. The molecule has 6 nitrogen and oxygen atoms in total. The van der Waals surface area contributed by atoms with Gasteiger partial charge in [0.1, 0.15) is 0 Å². The predicted molar refractivity (Wildman–Crippen MR) is 83.3 cm³/mol. The van der Waals surface area contributed by atoms with E-state index in [2.05, 4.69) is 10.4 Å². The van der Waals surface area contributed by atoms with Crippen LogP contribution in [-0.2, 0) is 11.8 Å². The normalized spacial score (nSPS) is 17.8. The molecule has 2 aromatic rings. The highest BCUT2D eigenvalue weighted by Gasteiger charge is 2.20. The summed E-state index contributed by atoms with van der Waals surface area (Å²) >= 11 is 5.94. The molecule has 1 saturated heterocycles. The number of benzene rings is 1. The molecule has 0 spiro atoms. The molecule has 3 rings (SSSR count). The van der Waals surface area contributed by atoms with Gasteiger partial charge in [0.15, 0.2) is 5.69 Å². The first-order valence-corrected chi connectivity index (χ1v) is 7.50. The summed E-state index contributed by atoms with van der Waals surface area (Å²) in [6.45, 7) is 1.10. The number of aromatic nitrogens is 2. The van der Waals surface area contributed by atoms with Crippen LogP contribution in [0.2, 0.25) is 5.02 Å². The number of halogens is 1. The summed E-state index contributed by atoms with van der Waals surface area (Å²) in [5.74, 6) is -0.488. The van der Waals surface area contributed by atoms with Crippen molar-refractivity contribution < 1.29 is 9.53 Å². The Morgan fingerprint density at radius 1 is 1.55 bits per heavy atom. The maximum Gasteiger partial charge on any atom is 0.275 e. The van der Waals surface area contributed by atoms with Gasteiger partial charge in [-0.2, -0.15) is 5.10 Å². The average Bonchev–Trinajstić information content (AvgIpc) is 3.01. The summed E-state index contributed by atoms with van der Waals surface area (Å²) in [4.78, 5) is 24.7. The number of ether oxygens (including phenoxy) is 1. The first kappa shape index (κ1) is 15.0. The topological polar surface area (TPSA) is 73.2 Å². The molecule has 0 bridgehead atoms. The largest absolute Gasteiger partial charge is 0.376 e. The standard InChI is InChI=1S/C15H16ClN3O3/c1-19-12-5-4-9(16)7-11(12)14(20)13(18-19)15(21)17-8-10-3-2-6-22-10/h4-5,7,10H,2-3,6,8H2,1H3,(H,17,21). The van der Waals surface area contributed by atoms with Crippen molar-refractivity contribution in [2.75, 3.05) is 13.2 Å². The van der Waals surface area contributed by atoms with Gasteiger partial charge in [0, 0.05) is 25.2 Å². The fourth-order valence-electron chi connectivity index (χ4n) is 2.59. The molecule has 1 fully saturated rings. The van der Waals surface area contributed by atoms with Crippen LogP contribution in [0.15, 0.2) is 23.0 Å². The molecule has 1 N–H and O–H groups in total. The highest BCUT2D eigenvalue weighted by atomic mass is 35.5. The van der Waals surface area contributed by atoms with Crippen LogP contribution in [0.1, 0.15) is 23.3 Å². The van der Waals surface area contributed by atoms with Crippen molar-refractivity contribution >= 4 is 28.4 Å². The number of carbonyl (C=O) groups excluding carboxylic acids is 1. The highest BCUT2D eigenvalue weighted by molar-refractivity contribution is 6.31. The molecule has 7 heteroatoms. The van der Waals surface area contributed by atoms with Crippen molar-refractivity contribution in [3.8, 4) is 0 Å². The molecule has 1 aromatic carbocycles. The van der Waals surface area contributed by atoms with E-state index < -0.39 is 11.3 Å². The third-order valence-corrected chi connectivity index (χ3v) is 3.98. The number of hydrogen-bond donors (Lipinski definition) is 1. The maximum atomic E-state index is 12.4. The van der Waals surface area contributed by atoms with Crippen LogP contribution in [0.5, 0.6) is 0 Å². The zero-order valence-corrected chi connectivity index (χ0v) is 12.9. The van der Waals surface area contributed by atoms with E-state index in [1.165, 1.54) is 4.68 Å². The van der Waals surface area contributed by atoms with E-state index in [4.69, 9.17) is 16.3 Å². The molecule has 1 atom stereocenters. The van der Waals surface area contributed by atoms with E-state index in [1.54, 1.807) is 25.2 Å². The lowest BCUT2D eigenvalue weighted by atomic mass is 10.2. The molecule has 0 radical (unpaired) electrons. The Kier molecular flexibility index (Phi) is 4.13. The molecule has 0 saturated carbocycles. The van der Waals surface area contributed by atoms with Gasteiger partial charge in [0.05, 0.1) is 17.0 Å². The monoisotopic (exact) mass is 321 g/mol. The number of amides is 1. The predicted octanol–water partition coefficient (Wildman–Crippen LogP) is 1.50. The molecule has 2 heterocycles. The van der Waals surface area contributed by atoms with Crippen LogP contribution in [0, 0.1) is 0 Å². The molecule has 1 unspecified atom stereocenters. The number of fused-ring (bicyclic) bond motifs is 1. The van der Waals surface area contributed by atoms with Crippen LogP contribution in [0.25, 0.3) is 10.9 Å². The van der Waals surface area contributed by atoms with Crippen LogP contribution in [-0.4, -0.2) is 34.9 Å². The molecule has 22 heavy (non-hydrogen) atoms. The van der Waals surface area contributed by atoms with Gasteiger partial charge < -0.3 is 10.1 Å². The van der Waals surface area contributed by atoms with Crippen LogP contribution in [0.4, 0.5) is 0 Å². The number of nitrogens with zero attached hydrogens (tertiary/aromatic N) is 2. The molecule has 1 aliphatic heterocycles. The third-order valence-electron chi connectivity index (χ3n) is 3.75. The first-order valence-electron chi connectivity index (χ1n) is 7.12. The smallest absolute Gasteiger partial charge is 0.275 e. The van der Waals surface area contributed by atoms with Crippen LogP contribution >= 0.6 is 11.6 Å². The molecule has 1 aliphatic rings. The lowest BCUT2D eigenvalue weighted by Gasteiger charge is -2.11. The van der Waals surface area contributed by atoms with Crippen molar-refractivity contribution in [1.29, 1.82) is 0 Å². The van der Waals surface area contributed by atoms with Gasteiger partial charge in [-0.3, -0.25) is 14.3 Å². The number of hydrogen-bond acceptors (Lipinski definition) is 4. The minimum absolute atomic E-state index is 0.0164. The number of nitrogens with one attached hydrogen (secondary N) is 1. The summed E-state index contributed by atoms with van der Waals surface area (Å²) in [5.41, 5.74) is 0.0841. The molecule has 0 aliphatic carbocycles. The Balaban J connectivity index is 1.91.